The fourth-order valence-corrected chi connectivity index (χ4v) is 4.64. The molecular formula is C22H22N6OS. The normalized spacial score (nSPS) is 16.5. The van der Waals surface area contributed by atoms with Crippen molar-refractivity contribution in [1.82, 2.24) is 15.0 Å². The predicted octanol–water partition coefficient (Wildman–Crippen LogP) is 5.05. The number of aromatic nitrogens is 3. The molecule has 4 aromatic rings. The number of carbonyl (C=O) groups is 1. The first-order valence-corrected chi connectivity index (χ1v) is 10.9. The Kier molecular flexibility index (Phi) is 5.06. The Morgan fingerprint density at radius 1 is 1.17 bits per heavy atom. The van der Waals surface area contributed by atoms with Crippen molar-refractivity contribution in [3.8, 4) is 0 Å². The van der Waals surface area contributed by atoms with Gasteiger partial charge in [-0.25, -0.2) is 14.8 Å². The van der Waals surface area contributed by atoms with Gasteiger partial charge in [-0.15, -0.1) is 0 Å². The van der Waals surface area contributed by atoms with Gasteiger partial charge in [-0.05, 0) is 48.1 Å². The number of piperidine rings is 1. The van der Waals surface area contributed by atoms with E-state index in [0.29, 0.717) is 5.92 Å². The van der Waals surface area contributed by atoms with Crippen molar-refractivity contribution in [1.29, 1.82) is 0 Å². The lowest BCUT2D eigenvalue weighted by Crippen LogP contribution is -2.35. The van der Waals surface area contributed by atoms with Crippen LogP contribution in [0, 0.1) is 0 Å². The van der Waals surface area contributed by atoms with Gasteiger partial charge in [0.25, 0.3) is 0 Å². The first-order valence-electron chi connectivity index (χ1n) is 9.99. The van der Waals surface area contributed by atoms with Crippen LogP contribution >= 0.6 is 11.3 Å². The molecule has 0 saturated carbocycles. The number of anilines is 3. The Balaban J connectivity index is 1.31. The second-order valence-electron chi connectivity index (χ2n) is 7.44. The number of fused-ring (bicyclic) bond motifs is 1. The van der Waals surface area contributed by atoms with Crippen LogP contribution in [-0.2, 0) is 0 Å². The van der Waals surface area contributed by atoms with E-state index >= 15 is 0 Å². The fraction of sp³-hybridized carbons (Fsp3) is 0.227. The third-order valence-electron chi connectivity index (χ3n) is 5.45. The third kappa shape index (κ3) is 3.86. The van der Waals surface area contributed by atoms with Crippen molar-refractivity contribution < 1.29 is 4.79 Å². The van der Waals surface area contributed by atoms with Crippen LogP contribution in [0.25, 0.3) is 11.0 Å². The molecule has 0 aliphatic carbocycles. The van der Waals surface area contributed by atoms with Crippen LogP contribution in [0.1, 0.15) is 24.3 Å². The van der Waals surface area contributed by atoms with Crippen LogP contribution in [0.5, 0.6) is 0 Å². The monoisotopic (exact) mass is 418 g/mol. The number of carbonyl (C=O) groups excluding carboxylic acids is 1. The number of urea groups is 1. The zero-order valence-electron chi connectivity index (χ0n) is 16.3. The van der Waals surface area contributed by atoms with Gasteiger partial charge in [-0.2, -0.15) is 11.3 Å². The highest BCUT2D eigenvalue weighted by Gasteiger charge is 2.24. The van der Waals surface area contributed by atoms with Gasteiger partial charge in [0.2, 0.25) is 0 Å². The van der Waals surface area contributed by atoms with E-state index in [2.05, 4.69) is 42.6 Å². The van der Waals surface area contributed by atoms with E-state index in [1.165, 1.54) is 5.56 Å². The van der Waals surface area contributed by atoms with Gasteiger partial charge in [0.05, 0.1) is 11.1 Å². The minimum atomic E-state index is -0.230. The summed E-state index contributed by atoms with van der Waals surface area (Å²) in [7, 11) is 0. The predicted molar refractivity (Wildman–Crippen MR) is 121 cm³/mol. The van der Waals surface area contributed by atoms with E-state index in [4.69, 9.17) is 0 Å². The molecule has 3 aromatic heterocycles. The minimum absolute atomic E-state index is 0.230. The Bertz CT molecular complexity index is 1160. The van der Waals surface area contributed by atoms with Crippen molar-refractivity contribution in [3.63, 3.8) is 0 Å². The Labute approximate surface area is 178 Å². The van der Waals surface area contributed by atoms with E-state index in [0.717, 1.165) is 54.2 Å². The Morgan fingerprint density at radius 2 is 2.10 bits per heavy atom. The second kappa shape index (κ2) is 8.16. The highest BCUT2D eigenvalue weighted by Crippen LogP contribution is 2.32. The molecule has 1 saturated heterocycles. The highest BCUT2D eigenvalue weighted by atomic mass is 32.1. The molecule has 0 spiro atoms. The summed E-state index contributed by atoms with van der Waals surface area (Å²) in [5, 5.41) is 10.7. The molecule has 8 heteroatoms. The number of amides is 2. The van der Waals surface area contributed by atoms with Crippen molar-refractivity contribution in [3.05, 3.63) is 65.2 Å². The molecule has 0 bridgehead atoms. The number of nitrogens with zero attached hydrogens (tertiary/aromatic N) is 3. The quantitative estimate of drug-likeness (QED) is 0.433. The van der Waals surface area contributed by atoms with Gasteiger partial charge in [-0.1, -0.05) is 12.1 Å². The number of rotatable bonds is 4. The average Bonchev–Trinajstić information content (AvgIpc) is 3.45. The summed E-state index contributed by atoms with van der Waals surface area (Å²) in [4.78, 5) is 26.6. The lowest BCUT2D eigenvalue weighted by atomic mass is 9.90. The van der Waals surface area contributed by atoms with Gasteiger partial charge in [-0.3, -0.25) is 0 Å². The van der Waals surface area contributed by atoms with Crippen molar-refractivity contribution >= 4 is 45.6 Å². The van der Waals surface area contributed by atoms with Gasteiger partial charge < -0.3 is 20.5 Å². The van der Waals surface area contributed by atoms with Crippen molar-refractivity contribution in [2.24, 2.45) is 0 Å². The Morgan fingerprint density at radius 3 is 3.00 bits per heavy atom. The molecule has 1 aliphatic rings. The number of hydrogen-bond donors (Lipinski definition) is 3. The van der Waals surface area contributed by atoms with Crippen molar-refractivity contribution in [2.75, 3.05) is 28.6 Å². The lowest BCUT2D eigenvalue weighted by Gasteiger charge is -2.34. The molecule has 1 unspecified atom stereocenters. The SMILES string of the molecule is O=C(Nc1ccsc1)Nc1cccc(C2CCCN(c3ncnc4[nH]ccc34)C2)c1. The summed E-state index contributed by atoms with van der Waals surface area (Å²) in [6.07, 6.45) is 5.73. The number of benzene rings is 1. The zero-order chi connectivity index (χ0) is 20.3. The lowest BCUT2D eigenvalue weighted by molar-refractivity contribution is 0.262. The molecule has 1 fully saturated rings. The van der Waals surface area contributed by atoms with Gasteiger partial charge in [0.1, 0.15) is 17.8 Å². The minimum Gasteiger partial charge on any atom is -0.355 e. The first kappa shape index (κ1) is 18.6. The van der Waals surface area contributed by atoms with E-state index < -0.39 is 0 Å². The Hall–Kier alpha value is -3.39. The summed E-state index contributed by atoms with van der Waals surface area (Å²) < 4.78 is 0. The number of thiophene rings is 1. The molecule has 0 radical (unpaired) electrons. The maximum atomic E-state index is 12.3. The summed E-state index contributed by atoms with van der Waals surface area (Å²) in [5.74, 6) is 1.36. The highest BCUT2D eigenvalue weighted by molar-refractivity contribution is 7.08. The van der Waals surface area contributed by atoms with E-state index in [9.17, 15) is 4.79 Å². The molecule has 7 nitrogen and oxygen atoms in total. The molecule has 2 amide bonds. The molecule has 30 heavy (non-hydrogen) atoms. The average molecular weight is 419 g/mol. The van der Waals surface area contributed by atoms with Crippen LogP contribution in [0.3, 0.4) is 0 Å². The van der Waals surface area contributed by atoms with E-state index in [1.807, 2.05) is 41.2 Å². The maximum Gasteiger partial charge on any atom is 0.323 e. The summed E-state index contributed by atoms with van der Waals surface area (Å²) in [5.41, 5.74) is 3.70. The molecule has 152 valence electrons. The molecule has 1 atom stereocenters. The standard InChI is InChI=1S/C22H22N6OS/c29-22(27-18-7-10-30-13-18)26-17-5-1-3-15(11-17)16-4-2-9-28(12-16)21-19-6-8-23-20(19)24-14-25-21/h1,3,5-8,10-11,13-14,16H,2,4,9,12H2,(H,23,24,25)(H2,26,27,29). The van der Waals surface area contributed by atoms with Gasteiger partial charge >= 0.3 is 6.03 Å². The molecule has 5 rings (SSSR count). The van der Waals surface area contributed by atoms with Gasteiger partial charge in [0.15, 0.2) is 0 Å². The van der Waals surface area contributed by atoms with Crippen LogP contribution < -0.4 is 15.5 Å². The molecular weight excluding hydrogens is 396 g/mol. The maximum absolute atomic E-state index is 12.3. The summed E-state index contributed by atoms with van der Waals surface area (Å²) in [6.45, 7) is 1.87. The summed E-state index contributed by atoms with van der Waals surface area (Å²) >= 11 is 1.55. The van der Waals surface area contributed by atoms with E-state index in [1.54, 1.807) is 17.7 Å². The van der Waals surface area contributed by atoms with Crippen LogP contribution in [-0.4, -0.2) is 34.1 Å². The number of nitrogens with one attached hydrogen (secondary N) is 3. The van der Waals surface area contributed by atoms with E-state index in [-0.39, 0.29) is 6.03 Å². The molecule has 4 heterocycles. The van der Waals surface area contributed by atoms with Gasteiger partial charge in [0, 0.05) is 36.3 Å². The topological polar surface area (TPSA) is 85.9 Å². The van der Waals surface area contributed by atoms with Crippen molar-refractivity contribution in [2.45, 2.75) is 18.8 Å². The molecule has 1 aromatic carbocycles. The molecule has 1 aliphatic heterocycles. The largest absolute Gasteiger partial charge is 0.355 e. The molecule has 3 N–H and O–H groups in total. The fourth-order valence-electron chi connectivity index (χ4n) is 4.05. The van der Waals surface area contributed by atoms with Crippen LogP contribution in [0.15, 0.2) is 59.7 Å². The van der Waals surface area contributed by atoms with Crippen LogP contribution in [0.2, 0.25) is 0 Å². The number of aromatic amines is 1. The third-order valence-corrected chi connectivity index (χ3v) is 6.13. The second-order valence-corrected chi connectivity index (χ2v) is 8.22. The zero-order valence-corrected chi connectivity index (χ0v) is 17.2. The number of hydrogen-bond acceptors (Lipinski definition) is 5. The van der Waals surface area contributed by atoms with Crippen LogP contribution in [0.4, 0.5) is 22.0 Å². The smallest absolute Gasteiger partial charge is 0.323 e. The summed E-state index contributed by atoms with van der Waals surface area (Å²) in [6, 6.07) is 11.8. The number of H-pyrrole nitrogens is 1. The first-order chi connectivity index (χ1) is 14.8.